The molecule has 19 heavy (non-hydrogen) atoms. The Morgan fingerprint density at radius 2 is 1.95 bits per heavy atom. The predicted octanol–water partition coefficient (Wildman–Crippen LogP) is 0.598. The third kappa shape index (κ3) is 3.42. The Balaban J connectivity index is 1.42. The quantitative estimate of drug-likeness (QED) is 0.860. The summed E-state index contributed by atoms with van der Waals surface area (Å²) in [6.07, 6.45) is 6.34. The van der Waals surface area contributed by atoms with Crippen LogP contribution in [0.3, 0.4) is 0 Å². The van der Waals surface area contributed by atoms with Crippen molar-refractivity contribution in [1.82, 2.24) is 20.2 Å². The Bertz CT molecular complexity index is 369. The minimum Gasteiger partial charge on any atom is -0.338 e. The number of anilines is 1. The highest BCUT2D eigenvalue weighted by Crippen LogP contribution is 2.15. The molecule has 2 saturated heterocycles. The molecule has 1 atom stereocenters. The van der Waals surface area contributed by atoms with Gasteiger partial charge in [-0.1, -0.05) is 0 Å². The van der Waals surface area contributed by atoms with Crippen molar-refractivity contribution < 1.29 is 0 Å². The van der Waals surface area contributed by atoms with Gasteiger partial charge >= 0.3 is 0 Å². The summed E-state index contributed by atoms with van der Waals surface area (Å²) in [5.41, 5.74) is 0. The van der Waals surface area contributed by atoms with Gasteiger partial charge < -0.3 is 10.2 Å². The molecule has 1 aromatic rings. The first-order valence-electron chi connectivity index (χ1n) is 7.37. The van der Waals surface area contributed by atoms with E-state index in [9.17, 15) is 0 Å². The Morgan fingerprint density at radius 3 is 2.63 bits per heavy atom. The molecule has 0 aromatic carbocycles. The van der Waals surface area contributed by atoms with Gasteiger partial charge in [-0.25, -0.2) is 9.97 Å². The standard InChI is InChI=1S/C14H23N5/c1-4-16-14(17-5-1)19-10-8-18(9-11-19)7-3-13-2-6-15-12-13/h1,4-5,13,15H,2-3,6-12H2. The zero-order valence-corrected chi connectivity index (χ0v) is 11.5. The highest BCUT2D eigenvalue weighted by molar-refractivity contribution is 5.29. The summed E-state index contributed by atoms with van der Waals surface area (Å²) >= 11 is 0. The van der Waals surface area contributed by atoms with Gasteiger partial charge in [-0.05, 0) is 44.5 Å². The van der Waals surface area contributed by atoms with Crippen molar-refractivity contribution in [3.63, 3.8) is 0 Å². The summed E-state index contributed by atoms with van der Waals surface area (Å²) < 4.78 is 0. The van der Waals surface area contributed by atoms with E-state index in [1.165, 1.54) is 32.5 Å². The molecular weight excluding hydrogens is 238 g/mol. The number of hydrogen-bond acceptors (Lipinski definition) is 5. The summed E-state index contributed by atoms with van der Waals surface area (Å²) in [7, 11) is 0. The number of nitrogens with one attached hydrogen (secondary N) is 1. The fourth-order valence-electron chi connectivity index (χ4n) is 2.95. The number of rotatable bonds is 4. The van der Waals surface area contributed by atoms with Gasteiger partial charge in [-0.15, -0.1) is 0 Å². The number of piperazine rings is 1. The van der Waals surface area contributed by atoms with Crippen molar-refractivity contribution in [2.45, 2.75) is 12.8 Å². The summed E-state index contributed by atoms with van der Waals surface area (Å²) in [5.74, 6) is 1.78. The van der Waals surface area contributed by atoms with Crippen molar-refractivity contribution in [3.8, 4) is 0 Å². The van der Waals surface area contributed by atoms with E-state index in [1.807, 2.05) is 18.5 Å². The van der Waals surface area contributed by atoms with E-state index < -0.39 is 0 Å². The third-order valence-electron chi connectivity index (χ3n) is 4.22. The lowest BCUT2D eigenvalue weighted by Crippen LogP contribution is -2.47. The van der Waals surface area contributed by atoms with Gasteiger partial charge in [0.1, 0.15) is 0 Å². The third-order valence-corrected chi connectivity index (χ3v) is 4.22. The van der Waals surface area contributed by atoms with Crippen LogP contribution in [0, 0.1) is 5.92 Å². The van der Waals surface area contributed by atoms with Gasteiger partial charge in [0.2, 0.25) is 5.95 Å². The van der Waals surface area contributed by atoms with Crippen LogP contribution in [0.15, 0.2) is 18.5 Å². The van der Waals surface area contributed by atoms with Crippen molar-refractivity contribution in [2.75, 3.05) is 50.7 Å². The largest absolute Gasteiger partial charge is 0.338 e. The molecule has 104 valence electrons. The SMILES string of the molecule is c1cnc(N2CCN(CCC3CCNC3)CC2)nc1. The molecule has 0 bridgehead atoms. The Labute approximate surface area is 115 Å². The van der Waals surface area contributed by atoms with Crippen LogP contribution in [0.5, 0.6) is 0 Å². The second-order valence-electron chi connectivity index (χ2n) is 5.52. The molecule has 0 aliphatic carbocycles. The lowest BCUT2D eigenvalue weighted by Gasteiger charge is -2.35. The van der Waals surface area contributed by atoms with Crippen molar-refractivity contribution in [1.29, 1.82) is 0 Å². The monoisotopic (exact) mass is 261 g/mol. The van der Waals surface area contributed by atoms with Crippen LogP contribution in [-0.4, -0.2) is 60.7 Å². The number of aromatic nitrogens is 2. The Kier molecular flexibility index (Phi) is 4.25. The Hall–Kier alpha value is -1.20. The zero-order chi connectivity index (χ0) is 12.9. The van der Waals surface area contributed by atoms with Gasteiger partial charge in [0, 0.05) is 38.6 Å². The molecule has 0 radical (unpaired) electrons. The predicted molar refractivity (Wildman–Crippen MR) is 76.3 cm³/mol. The van der Waals surface area contributed by atoms with E-state index in [1.54, 1.807) is 0 Å². The molecular formula is C14H23N5. The maximum atomic E-state index is 4.32. The first-order valence-corrected chi connectivity index (χ1v) is 7.37. The molecule has 3 heterocycles. The van der Waals surface area contributed by atoms with Crippen molar-refractivity contribution >= 4 is 5.95 Å². The summed E-state index contributed by atoms with van der Waals surface area (Å²) in [6, 6.07) is 1.87. The molecule has 5 nitrogen and oxygen atoms in total. The molecule has 2 aliphatic rings. The summed E-state index contributed by atoms with van der Waals surface area (Å²) in [4.78, 5) is 13.5. The normalized spacial score (nSPS) is 24.8. The molecule has 1 aromatic heterocycles. The molecule has 2 fully saturated rings. The fraction of sp³-hybridized carbons (Fsp3) is 0.714. The minimum atomic E-state index is 0.877. The van der Waals surface area contributed by atoms with Crippen LogP contribution in [0.25, 0.3) is 0 Å². The maximum absolute atomic E-state index is 4.32. The van der Waals surface area contributed by atoms with E-state index >= 15 is 0 Å². The molecule has 3 rings (SSSR count). The molecule has 0 amide bonds. The average Bonchev–Trinajstić information content (AvgIpc) is 3.00. The van der Waals surface area contributed by atoms with Gasteiger partial charge in [-0.3, -0.25) is 4.90 Å². The molecule has 5 heteroatoms. The van der Waals surface area contributed by atoms with Gasteiger partial charge in [0.25, 0.3) is 0 Å². The van der Waals surface area contributed by atoms with Gasteiger partial charge in [0.15, 0.2) is 0 Å². The first kappa shape index (κ1) is 12.8. The minimum absolute atomic E-state index is 0.877. The van der Waals surface area contributed by atoms with E-state index in [0.29, 0.717) is 0 Å². The first-order chi connectivity index (χ1) is 9.42. The van der Waals surface area contributed by atoms with Crippen molar-refractivity contribution in [2.24, 2.45) is 5.92 Å². The van der Waals surface area contributed by atoms with E-state index in [4.69, 9.17) is 0 Å². The van der Waals surface area contributed by atoms with Crippen LogP contribution in [-0.2, 0) is 0 Å². The second kappa shape index (κ2) is 6.30. The van der Waals surface area contributed by atoms with Crippen LogP contribution in [0.4, 0.5) is 5.95 Å². The van der Waals surface area contributed by atoms with Crippen LogP contribution in [0.1, 0.15) is 12.8 Å². The van der Waals surface area contributed by atoms with E-state index in [0.717, 1.165) is 38.0 Å². The molecule has 2 aliphatic heterocycles. The van der Waals surface area contributed by atoms with Crippen molar-refractivity contribution in [3.05, 3.63) is 18.5 Å². The van der Waals surface area contributed by atoms with Crippen LogP contribution >= 0.6 is 0 Å². The Morgan fingerprint density at radius 1 is 1.16 bits per heavy atom. The lowest BCUT2D eigenvalue weighted by molar-refractivity contribution is 0.240. The van der Waals surface area contributed by atoms with Gasteiger partial charge in [0.05, 0.1) is 0 Å². The maximum Gasteiger partial charge on any atom is 0.225 e. The van der Waals surface area contributed by atoms with Gasteiger partial charge in [-0.2, -0.15) is 0 Å². The highest BCUT2D eigenvalue weighted by atomic mass is 15.3. The average molecular weight is 261 g/mol. The molecule has 1 unspecified atom stereocenters. The fourth-order valence-corrected chi connectivity index (χ4v) is 2.95. The summed E-state index contributed by atoms with van der Waals surface area (Å²) in [6.45, 7) is 8.05. The van der Waals surface area contributed by atoms with Crippen LogP contribution < -0.4 is 10.2 Å². The summed E-state index contributed by atoms with van der Waals surface area (Å²) in [5, 5.41) is 3.45. The van der Waals surface area contributed by atoms with E-state index in [-0.39, 0.29) is 0 Å². The molecule has 0 spiro atoms. The highest BCUT2D eigenvalue weighted by Gasteiger charge is 2.20. The van der Waals surface area contributed by atoms with E-state index in [2.05, 4.69) is 25.1 Å². The molecule has 0 saturated carbocycles. The second-order valence-corrected chi connectivity index (χ2v) is 5.52. The lowest BCUT2D eigenvalue weighted by atomic mass is 10.0. The smallest absolute Gasteiger partial charge is 0.225 e. The number of nitrogens with zero attached hydrogens (tertiary/aromatic N) is 4. The zero-order valence-electron chi connectivity index (χ0n) is 11.5. The molecule has 1 N–H and O–H groups in total. The number of hydrogen-bond donors (Lipinski definition) is 1. The topological polar surface area (TPSA) is 44.3 Å². The van der Waals surface area contributed by atoms with Crippen LogP contribution in [0.2, 0.25) is 0 Å².